The van der Waals surface area contributed by atoms with Crippen molar-refractivity contribution in [2.75, 3.05) is 0 Å². The lowest BCUT2D eigenvalue weighted by Gasteiger charge is -2.30. The van der Waals surface area contributed by atoms with Crippen LogP contribution in [-0.2, 0) is 5.67 Å². The molecule has 1 saturated carbocycles. The van der Waals surface area contributed by atoms with Gasteiger partial charge in [0.1, 0.15) is 0 Å². The third-order valence-electron chi connectivity index (χ3n) is 3.63. The molecule has 1 fully saturated rings. The molecular formula is C13H11F7. The van der Waals surface area contributed by atoms with Crippen molar-refractivity contribution in [1.82, 2.24) is 0 Å². The molecule has 2 unspecified atom stereocenters. The van der Waals surface area contributed by atoms with Gasteiger partial charge in [0.15, 0.2) is 0 Å². The minimum absolute atomic E-state index is 0.134. The maximum absolute atomic E-state index is 13.7. The van der Waals surface area contributed by atoms with Crippen LogP contribution < -0.4 is 0 Å². The summed E-state index contributed by atoms with van der Waals surface area (Å²) in [5.41, 5.74) is -6.14. The molecule has 112 valence electrons. The summed E-state index contributed by atoms with van der Waals surface area (Å²) in [6.07, 6.45) is -11.3. The van der Waals surface area contributed by atoms with Crippen molar-refractivity contribution in [2.24, 2.45) is 5.92 Å². The molecule has 0 spiro atoms. The standard InChI is InChI=1S/C13H11F7/c1-7-6-10(7)8-2-4-9(5-3-8)11(14,12(15,16)17)13(18,19)20/h2-5,7,10H,6H2,1H3. The van der Waals surface area contributed by atoms with Crippen molar-refractivity contribution in [3.8, 4) is 0 Å². The molecule has 1 aliphatic rings. The van der Waals surface area contributed by atoms with Gasteiger partial charge in [0, 0.05) is 5.56 Å². The minimum Gasteiger partial charge on any atom is -0.218 e. The zero-order valence-corrected chi connectivity index (χ0v) is 10.3. The summed E-state index contributed by atoms with van der Waals surface area (Å²) in [5.74, 6) is 0.482. The Morgan fingerprint density at radius 2 is 1.25 bits per heavy atom. The van der Waals surface area contributed by atoms with Gasteiger partial charge in [0.05, 0.1) is 0 Å². The third kappa shape index (κ3) is 2.27. The maximum Gasteiger partial charge on any atom is 0.435 e. The summed E-state index contributed by atoms with van der Waals surface area (Å²) >= 11 is 0. The lowest BCUT2D eigenvalue weighted by atomic mass is 9.92. The van der Waals surface area contributed by atoms with Crippen LogP contribution in [0.25, 0.3) is 0 Å². The SMILES string of the molecule is CC1CC1c1ccc(C(F)(C(F)(F)F)C(F)(F)F)cc1. The largest absolute Gasteiger partial charge is 0.435 e. The van der Waals surface area contributed by atoms with Crippen LogP contribution in [-0.4, -0.2) is 12.4 Å². The van der Waals surface area contributed by atoms with E-state index in [0.717, 1.165) is 18.6 Å². The van der Waals surface area contributed by atoms with E-state index in [1.165, 1.54) is 0 Å². The van der Waals surface area contributed by atoms with E-state index in [2.05, 4.69) is 0 Å². The summed E-state index contributed by atoms with van der Waals surface area (Å²) in [6.45, 7) is 1.92. The van der Waals surface area contributed by atoms with Crippen molar-refractivity contribution < 1.29 is 30.7 Å². The molecule has 0 radical (unpaired) electrons. The van der Waals surface area contributed by atoms with Crippen molar-refractivity contribution in [2.45, 2.75) is 37.3 Å². The molecule has 0 N–H and O–H groups in total. The fraction of sp³-hybridized carbons (Fsp3) is 0.538. The zero-order chi connectivity index (χ0) is 15.3. The van der Waals surface area contributed by atoms with E-state index in [0.29, 0.717) is 23.6 Å². The average molecular weight is 300 g/mol. The first-order valence-corrected chi connectivity index (χ1v) is 5.91. The molecular weight excluding hydrogens is 289 g/mol. The Morgan fingerprint density at radius 1 is 0.850 bits per heavy atom. The molecule has 2 atom stereocenters. The average Bonchev–Trinajstić information content (AvgIpc) is 3.02. The molecule has 0 aromatic heterocycles. The van der Waals surface area contributed by atoms with Crippen molar-refractivity contribution >= 4 is 0 Å². The highest BCUT2D eigenvalue weighted by atomic mass is 19.4. The topological polar surface area (TPSA) is 0 Å². The fourth-order valence-electron chi connectivity index (χ4n) is 2.23. The lowest BCUT2D eigenvalue weighted by molar-refractivity contribution is -0.348. The quantitative estimate of drug-likeness (QED) is 0.667. The first kappa shape index (κ1) is 15.1. The molecule has 7 heteroatoms. The summed E-state index contributed by atoms with van der Waals surface area (Å²) in [6, 6.07) is 3.41. The van der Waals surface area contributed by atoms with E-state index >= 15 is 0 Å². The molecule has 1 aromatic rings. The second-order valence-electron chi connectivity index (χ2n) is 5.10. The molecule has 0 amide bonds. The van der Waals surface area contributed by atoms with Gasteiger partial charge in [0.2, 0.25) is 0 Å². The zero-order valence-electron chi connectivity index (χ0n) is 10.3. The normalized spacial score (nSPS) is 23.8. The Morgan fingerprint density at radius 3 is 1.55 bits per heavy atom. The van der Waals surface area contributed by atoms with Crippen molar-refractivity contribution in [3.05, 3.63) is 35.4 Å². The molecule has 2 rings (SSSR count). The van der Waals surface area contributed by atoms with Gasteiger partial charge in [-0.1, -0.05) is 31.2 Å². The maximum atomic E-state index is 13.7. The van der Waals surface area contributed by atoms with E-state index in [-0.39, 0.29) is 5.92 Å². The summed E-state index contributed by atoms with van der Waals surface area (Å²) in [5, 5.41) is 0. The Bertz CT molecular complexity index is 469. The Hall–Kier alpha value is -1.27. The van der Waals surface area contributed by atoms with Gasteiger partial charge in [-0.3, -0.25) is 0 Å². The lowest BCUT2D eigenvalue weighted by Crippen LogP contribution is -2.50. The molecule has 0 saturated heterocycles. The van der Waals surface area contributed by atoms with E-state index in [1.807, 2.05) is 6.92 Å². The van der Waals surface area contributed by atoms with Crippen LogP contribution in [0, 0.1) is 5.92 Å². The summed E-state index contributed by atoms with van der Waals surface area (Å²) < 4.78 is 88.9. The monoisotopic (exact) mass is 300 g/mol. The number of alkyl halides is 7. The van der Waals surface area contributed by atoms with Crippen LogP contribution in [0.1, 0.15) is 30.4 Å². The van der Waals surface area contributed by atoms with Crippen LogP contribution in [0.3, 0.4) is 0 Å². The van der Waals surface area contributed by atoms with Crippen LogP contribution in [0.2, 0.25) is 0 Å². The second kappa shape index (κ2) is 4.36. The molecule has 1 aliphatic carbocycles. The molecule has 0 bridgehead atoms. The summed E-state index contributed by atoms with van der Waals surface area (Å²) in [4.78, 5) is 0. The number of hydrogen-bond donors (Lipinski definition) is 0. The van der Waals surface area contributed by atoms with Gasteiger partial charge >= 0.3 is 18.0 Å². The van der Waals surface area contributed by atoms with Crippen LogP contribution in [0.5, 0.6) is 0 Å². The Kier molecular flexibility index (Phi) is 3.30. The predicted molar refractivity (Wildman–Crippen MR) is 57.9 cm³/mol. The first-order chi connectivity index (χ1) is 8.98. The minimum atomic E-state index is -6.06. The highest BCUT2D eigenvalue weighted by Crippen LogP contribution is 2.54. The van der Waals surface area contributed by atoms with Crippen LogP contribution in [0.4, 0.5) is 30.7 Å². The molecule has 1 aromatic carbocycles. The van der Waals surface area contributed by atoms with Crippen molar-refractivity contribution in [3.63, 3.8) is 0 Å². The summed E-state index contributed by atoms with van der Waals surface area (Å²) in [7, 11) is 0. The van der Waals surface area contributed by atoms with E-state index in [9.17, 15) is 30.7 Å². The highest BCUT2D eigenvalue weighted by molar-refractivity contribution is 5.34. The van der Waals surface area contributed by atoms with E-state index in [1.54, 1.807) is 0 Å². The van der Waals surface area contributed by atoms with Crippen molar-refractivity contribution in [1.29, 1.82) is 0 Å². The molecule has 0 nitrogen and oxygen atoms in total. The van der Waals surface area contributed by atoms with E-state index in [4.69, 9.17) is 0 Å². The molecule has 20 heavy (non-hydrogen) atoms. The molecule has 0 heterocycles. The third-order valence-corrected chi connectivity index (χ3v) is 3.63. The number of halogens is 7. The number of rotatable bonds is 2. The van der Waals surface area contributed by atoms with Gasteiger partial charge in [-0.2, -0.15) is 26.3 Å². The van der Waals surface area contributed by atoms with Gasteiger partial charge in [-0.05, 0) is 23.8 Å². The molecule has 0 aliphatic heterocycles. The van der Waals surface area contributed by atoms with Gasteiger partial charge in [-0.15, -0.1) is 0 Å². The highest BCUT2D eigenvalue weighted by Gasteiger charge is 2.73. The van der Waals surface area contributed by atoms with Gasteiger partial charge in [-0.25, -0.2) is 4.39 Å². The number of hydrogen-bond acceptors (Lipinski definition) is 0. The Balaban J connectivity index is 2.40. The second-order valence-corrected chi connectivity index (χ2v) is 5.10. The van der Waals surface area contributed by atoms with Crippen LogP contribution >= 0.6 is 0 Å². The van der Waals surface area contributed by atoms with Gasteiger partial charge < -0.3 is 0 Å². The van der Waals surface area contributed by atoms with Crippen LogP contribution in [0.15, 0.2) is 24.3 Å². The van der Waals surface area contributed by atoms with E-state index < -0.39 is 23.6 Å². The predicted octanol–water partition coefficient (Wildman–Crippen LogP) is 5.10. The first-order valence-electron chi connectivity index (χ1n) is 5.91. The fourth-order valence-corrected chi connectivity index (χ4v) is 2.23. The van der Waals surface area contributed by atoms with Gasteiger partial charge in [0.25, 0.3) is 0 Å². The smallest absolute Gasteiger partial charge is 0.218 e. The number of benzene rings is 1. The Labute approximate surface area is 110 Å².